The van der Waals surface area contributed by atoms with Crippen LogP contribution in [0.5, 0.6) is 17.2 Å². The van der Waals surface area contributed by atoms with Gasteiger partial charge in [-0.25, -0.2) is 0 Å². The van der Waals surface area contributed by atoms with Gasteiger partial charge in [-0.05, 0) is 55.3 Å². The molecule has 0 fully saturated rings. The van der Waals surface area contributed by atoms with Gasteiger partial charge in [0.2, 0.25) is 6.79 Å². The maximum absolute atomic E-state index is 11.9. The standard InChI is InChI=1S/C18H18N2O4/c1-12(19-20-18(22)14-5-7-15(21)8-6-14)2-3-13-4-9-16-17(10-13)24-11-23-16/h2,4-10,19,21H,3,11H2,1H3,(H,20,22). The Morgan fingerprint density at radius 1 is 1.12 bits per heavy atom. The molecule has 2 aromatic rings. The van der Waals surface area contributed by atoms with Gasteiger partial charge >= 0.3 is 0 Å². The SMILES string of the molecule is CC(=CCc1ccc2c(c1)OCO2)NNC(=O)c1ccc(O)cc1. The van der Waals surface area contributed by atoms with E-state index in [4.69, 9.17) is 9.47 Å². The van der Waals surface area contributed by atoms with Gasteiger partial charge in [0.05, 0.1) is 0 Å². The number of fused-ring (bicyclic) bond motifs is 1. The maximum Gasteiger partial charge on any atom is 0.269 e. The molecule has 124 valence electrons. The first-order valence-electron chi connectivity index (χ1n) is 7.52. The van der Waals surface area contributed by atoms with Gasteiger partial charge in [-0.15, -0.1) is 0 Å². The normalized spacial score (nSPS) is 12.8. The number of hydrogen-bond donors (Lipinski definition) is 3. The molecule has 3 N–H and O–H groups in total. The number of aromatic hydroxyl groups is 1. The number of hydrogen-bond acceptors (Lipinski definition) is 5. The Morgan fingerprint density at radius 2 is 1.88 bits per heavy atom. The first kappa shape index (κ1) is 15.7. The molecule has 0 spiro atoms. The van der Waals surface area contributed by atoms with Crippen LogP contribution in [0.2, 0.25) is 0 Å². The highest BCUT2D eigenvalue weighted by molar-refractivity contribution is 5.94. The van der Waals surface area contributed by atoms with Gasteiger partial charge in [0, 0.05) is 11.3 Å². The van der Waals surface area contributed by atoms with Crippen LogP contribution in [-0.2, 0) is 6.42 Å². The van der Waals surface area contributed by atoms with E-state index >= 15 is 0 Å². The smallest absolute Gasteiger partial charge is 0.269 e. The van der Waals surface area contributed by atoms with E-state index in [0.717, 1.165) is 22.8 Å². The van der Waals surface area contributed by atoms with Crippen LogP contribution in [0.3, 0.4) is 0 Å². The minimum absolute atomic E-state index is 0.124. The van der Waals surface area contributed by atoms with E-state index in [-0.39, 0.29) is 18.4 Å². The number of hydrazine groups is 1. The summed E-state index contributed by atoms with van der Waals surface area (Å²) in [4.78, 5) is 11.9. The van der Waals surface area contributed by atoms with E-state index < -0.39 is 0 Å². The zero-order valence-electron chi connectivity index (χ0n) is 13.2. The Morgan fingerprint density at radius 3 is 2.67 bits per heavy atom. The van der Waals surface area contributed by atoms with Gasteiger partial charge in [-0.1, -0.05) is 12.1 Å². The summed E-state index contributed by atoms with van der Waals surface area (Å²) in [6.45, 7) is 2.13. The van der Waals surface area contributed by atoms with Crippen molar-refractivity contribution in [1.29, 1.82) is 0 Å². The molecule has 0 unspecified atom stereocenters. The lowest BCUT2D eigenvalue weighted by Crippen LogP contribution is -2.36. The van der Waals surface area contributed by atoms with Crippen molar-refractivity contribution >= 4 is 5.91 Å². The lowest BCUT2D eigenvalue weighted by molar-refractivity contribution is 0.0939. The maximum atomic E-state index is 11.9. The summed E-state index contributed by atoms with van der Waals surface area (Å²) >= 11 is 0. The number of rotatable bonds is 5. The molecule has 0 saturated carbocycles. The molecule has 2 aromatic carbocycles. The largest absolute Gasteiger partial charge is 0.508 e. The highest BCUT2D eigenvalue weighted by atomic mass is 16.7. The van der Waals surface area contributed by atoms with Crippen LogP contribution in [0.25, 0.3) is 0 Å². The topological polar surface area (TPSA) is 79.8 Å². The van der Waals surface area contributed by atoms with Crippen LogP contribution in [0, 0.1) is 0 Å². The van der Waals surface area contributed by atoms with Crippen LogP contribution in [-0.4, -0.2) is 17.8 Å². The zero-order valence-corrected chi connectivity index (χ0v) is 13.2. The van der Waals surface area contributed by atoms with E-state index in [9.17, 15) is 9.90 Å². The van der Waals surface area contributed by atoms with Crippen molar-refractivity contribution in [3.8, 4) is 17.2 Å². The molecule has 0 aliphatic carbocycles. The van der Waals surface area contributed by atoms with E-state index in [1.807, 2.05) is 31.2 Å². The molecule has 3 rings (SSSR count). The molecular formula is C18H18N2O4. The average Bonchev–Trinajstić information content (AvgIpc) is 3.06. The number of phenolic OH excluding ortho intramolecular Hbond substituents is 1. The quantitative estimate of drug-likeness (QED) is 0.736. The van der Waals surface area contributed by atoms with Crippen molar-refractivity contribution in [2.24, 2.45) is 0 Å². The average molecular weight is 326 g/mol. The fraction of sp³-hybridized carbons (Fsp3) is 0.167. The second-order valence-corrected chi connectivity index (χ2v) is 5.40. The molecule has 1 aliphatic heterocycles. The summed E-state index contributed by atoms with van der Waals surface area (Å²) in [7, 11) is 0. The summed E-state index contributed by atoms with van der Waals surface area (Å²) < 4.78 is 10.6. The first-order valence-corrected chi connectivity index (χ1v) is 7.52. The third kappa shape index (κ3) is 3.78. The molecule has 1 heterocycles. The van der Waals surface area contributed by atoms with Crippen molar-refractivity contribution in [1.82, 2.24) is 10.9 Å². The van der Waals surface area contributed by atoms with Crippen LogP contribution < -0.4 is 20.3 Å². The Kier molecular flexibility index (Phi) is 4.56. The van der Waals surface area contributed by atoms with Crippen molar-refractivity contribution in [3.63, 3.8) is 0 Å². The lowest BCUT2D eigenvalue weighted by atomic mass is 10.1. The van der Waals surface area contributed by atoms with Crippen LogP contribution in [0.1, 0.15) is 22.8 Å². The summed E-state index contributed by atoms with van der Waals surface area (Å²) in [6, 6.07) is 11.9. The summed E-state index contributed by atoms with van der Waals surface area (Å²) in [6.07, 6.45) is 2.67. The molecule has 0 saturated heterocycles. The van der Waals surface area contributed by atoms with E-state index in [2.05, 4.69) is 10.9 Å². The van der Waals surface area contributed by atoms with Crippen LogP contribution in [0.4, 0.5) is 0 Å². The predicted molar refractivity (Wildman–Crippen MR) is 88.7 cm³/mol. The van der Waals surface area contributed by atoms with Crippen molar-refractivity contribution in [3.05, 3.63) is 65.4 Å². The second-order valence-electron chi connectivity index (χ2n) is 5.40. The minimum atomic E-state index is -0.272. The number of ether oxygens (including phenoxy) is 2. The zero-order chi connectivity index (χ0) is 16.9. The Labute approximate surface area is 139 Å². The predicted octanol–water partition coefficient (Wildman–Crippen LogP) is 2.50. The Hall–Kier alpha value is -3.15. The first-order chi connectivity index (χ1) is 11.6. The molecular weight excluding hydrogens is 308 g/mol. The van der Waals surface area contributed by atoms with Gasteiger partial charge in [0.1, 0.15) is 5.75 Å². The van der Waals surface area contributed by atoms with E-state index in [1.54, 1.807) is 12.1 Å². The third-order valence-electron chi connectivity index (χ3n) is 3.58. The minimum Gasteiger partial charge on any atom is -0.508 e. The molecule has 6 heteroatoms. The number of allylic oxidation sites excluding steroid dienone is 2. The lowest BCUT2D eigenvalue weighted by Gasteiger charge is -2.09. The van der Waals surface area contributed by atoms with Crippen molar-refractivity contribution in [2.75, 3.05) is 6.79 Å². The third-order valence-corrected chi connectivity index (χ3v) is 3.58. The highest BCUT2D eigenvalue weighted by Gasteiger charge is 2.12. The molecule has 0 atom stereocenters. The van der Waals surface area contributed by atoms with Crippen LogP contribution >= 0.6 is 0 Å². The van der Waals surface area contributed by atoms with Crippen LogP contribution in [0.15, 0.2) is 54.2 Å². The molecule has 1 amide bonds. The van der Waals surface area contributed by atoms with Gasteiger partial charge in [-0.2, -0.15) is 0 Å². The number of phenols is 1. The molecule has 6 nitrogen and oxygen atoms in total. The van der Waals surface area contributed by atoms with Gasteiger partial charge < -0.3 is 20.0 Å². The van der Waals surface area contributed by atoms with E-state index in [1.165, 1.54) is 12.1 Å². The fourth-order valence-corrected chi connectivity index (χ4v) is 2.23. The van der Waals surface area contributed by atoms with Gasteiger partial charge in [0.25, 0.3) is 5.91 Å². The molecule has 24 heavy (non-hydrogen) atoms. The number of nitrogens with one attached hydrogen (secondary N) is 2. The number of carbonyl (C=O) groups excluding carboxylic acids is 1. The monoisotopic (exact) mass is 326 g/mol. The Bertz CT molecular complexity index is 769. The Balaban J connectivity index is 1.53. The molecule has 0 aromatic heterocycles. The summed E-state index contributed by atoms with van der Waals surface area (Å²) in [5, 5.41) is 9.22. The molecule has 1 aliphatic rings. The van der Waals surface area contributed by atoms with E-state index in [0.29, 0.717) is 12.0 Å². The second kappa shape index (κ2) is 6.95. The van der Waals surface area contributed by atoms with Crippen molar-refractivity contribution in [2.45, 2.75) is 13.3 Å². The van der Waals surface area contributed by atoms with Crippen molar-refractivity contribution < 1.29 is 19.4 Å². The molecule has 0 bridgehead atoms. The molecule has 0 radical (unpaired) electrons. The highest BCUT2D eigenvalue weighted by Crippen LogP contribution is 2.32. The number of amides is 1. The van der Waals surface area contributed by atoms with Gasteiger partial charge in [-0.3, -0.25) is 10.2 Å². The fourth-order valence-electron chi connectivity index (χ4n) is 2.23. The summed E-state index contributed by atoms with van der Waals surface area (Å²) in [5.41, 5.74) is 7.84. The number of benzene rings is 2. The summed E-state index contributed by atoms with van der Waals surface area (Å²) in [5.74, 6) is 1.37. The van der Waals surface area contributed by atoms with Gasteiger partial charge in [0.15, 0.2) is 11.5 Å². The number of carbonyl (C=O) groups is 1.